The number of nitrogens with one attached hydrogen (secondary N) is 1. The van der Waals surface area contributed by atoms with E-state index in [0.717, 1.165) is 11.1 Å². The number of aromatic nitrogens is 4. The molecule has 0 aliphatic carbocycles. The highest BCUT2D eigenvalue weighted by Gasteiger charge is 2.29. The van der Waals surface area contributed by atoms with Crippen LogP contribution in [-0.2, 0) is 13.6 Å². The molecule has 3 aromatic rings. The largest absolute Gasteiger partial charge is 0.322 e. The van der Waals surface area contributed by atoms with E-state index in [2.05, 4.69) is 15.5 Å². The fraction of sp³-hybridized carbons (Fsp3) is 0.235. The van der Waals surface area contributed by atoms with Gasteiger partial charge in [-0.25, -0.2) is 0 Å². The molecule has 0 saturated carbocycles. The van der Waals surface area contributed by atoms with Crippen LogP contribution in [0.4, 0.5) is 11.5 Å². The molecule has 134 valence electrons. The van der Waals surface area contributed by atoms with Gasteiger partial charge in [0.05, 0.1) is 11.5 Å². The van der Waals surface area contributed by atoms with E-state index in [1.807, 2.05) is 31.2 Å². The molecular formula is C17H18N6O3. The Bertz CT molecular complexity index is 988. The van der Waals surface area contributed by atoms with Gasteiger partial charge in [0, 0.05) is 19.3 Å². The summed E-state index contributed by atoms with van der Waals surface area (Å²) in [5.74, 6) is -0.308. The van der Waals surface area contributed by atoms with Gasteiger partial charge in [-0.3, -0.25) is 24.3 Å². The lowest BCUT2D eigenvalue weighted by molar-refractivity contribution is -0.385. The summed E-state index contributed by atoms with van der Waals surface area (Å²) in [6.07, 6.45) is 1.74. The van der Waals surface area contributed by atoms with Crippen LogP contribution in [0.2, 0.25) is 0 Å². The van der Waals surface area contributed by atoms with Crippen molar-refractivity contribution in [2.45, 2.75) is 20.4 Å². The van der Waals surface area contributed by atoms with Crippen molar-refractivity contribution in [2.24, 2.45) is 7.05 Å². The zero-order chi connectivity index (χ0) is 18.8. The number of benzene rings is 1. The summed E-state index contributed by atoms with van der Waals surface area (Å²) < 4.78 is 2.90. The van der Waals surface area contributed by atoms with Gasteiger partial charge in [0.15, 0.2) is 5.82 Å². The second-order valence-electron chi connectivity index (χ2n) is 5.94. The van der Waals surface area contributed by atoms with Crippen molar-refractivity contribution in [1.29, 1.82) is 0 Å². The third-order valence-corrected chi connectivity index (χ3v) is 4.06. The predicted octanol–water partition coefficient (Wildman–Crippen LogP) is 2.44. The summed E-state index contributed by atoms with van der Waals surface area (Å²) >= 11 is 0. The second kappa shape index (κ2) is 6.79. The number of rotatable bonds is 5. The van der Waals surface area contributed by atoms with Crippen LogP contribution < -0.4 is 5.32 Å². The number of nitrogens with zero attached hydrogens (tertiary/aromatic N) is 5. The first-order valence-electron chi connectivity index (χ1n) is 7.94. The van der Waals surface area contributed by atoms with Crippen molar-refractivity contribution in [1.82, 2.24) is 19.6 Å². The molecule has 9 nitrogen and oxygen atoms in total. The van der Waals surface area contributed by atoms with E-state index in [-0.39, 0.29) is 17.1 Å². The Balaban J connectivity index is 1.79. The van der Waals surface area contributed by atoms with Gasteiger partial charge in [-0.1, -0.05) is 24.3 Å². The summed E-state index contributed by atoms with van der Waals surface area (Å²) in [5, 5.41) is 22.1. The first-order chi connectivity index (χ1) is 12.4. The first-order valence-corrected chi connectivity index (χ1v) is 7.94. The van der Waals surface area contributed by atoms with Gasteiger partial charge in [-0.05, 0) is 25.0 Å². The molecule has 0 radical (unpaired) electrons. The van der Waals surface area contributed by atoms with E-state index >= 15 is 0 Å². The molecule has 9 heteroatoms. The van der Waals surface area contributed by atoms with Gasteiger partial charge in [0.25, 0.3) is 5.91 Å². The molecule has 0 aliphatic heterocycles. The van der Waals surface area contributed by atoms with Crippen molar-refractivity contribution in [3.8, 4) is 0 Å². The number of amides is 1. The topological polar surface area (TPSA) is 108 Å². The highest BCUT2D eigenvalue weighted by Crippen LogP contribution is 2.23. The van der Waals surface area contributed by atoms with Crippen LogP contribution in [0.5, 0.6) is 0 Å². The van der Waals surface area contributed by atoms with Gasteiger partial charge >= 0.3 is 5.69 Å². The van der Waals surface area contributed by atoms with Crippen LogP contribution in [0.15, 0.2) is 36.5 Å². The molecule has 1 N–H and O–H groups in total. The summed E-state index contributed by atoms with van der Waals surface area (Å²) in [4.78, 5) is 23.1. The molecular weight excluding hydrogens is 336 g/mol. The fourth-order valence-corrected chi connectivity index (χ4v) is 2.77. The first kappa shape index (κ1) is 17.3. The molecule has 0 saturated heterocycles. The quantitative estimate of drug-likeness (QED) is 0.559. The Kier molecular flexibility index (Phi) is 4.53. The molecule has 0 unspecified atom stereocenters. The van der Waals surface area contributed by atoms with E-state index in [4.69, 9.17) is 0 Å². The van der Waals surface area contributed by atoms with Crippen molar-refractivity contribution in [3.05, 3.63) is 69.2 Å². The number of carbonyl (C=O) groups excluding carboxylic acids is 1. The minimum Gasteiger partial charge on any atom is -0.304 e. The molecule has 0 atom stereocenters. The Morgan fingerprint density at radius 1 is 1.23 bits per heavy atom. The maximum atomic E-state index is 12.5. The monoisotopic (exact) mass is 354 g/mol. The Morgan fingerprint density at radius 2 is 1.96 bits per heavy atom. The van der Waals surface area contributed by atoms with E-state index in [1.165, 1.54) is 18.7 Å². The van der Waals surface area contributed by atoms with E-state index in [9.17, 15) is 14.9 Å². The molecule has 2 heterocycles. The minimum atomic E-state index is -0.624. The smallest absolute Gasteiger partial charge is 0.304 e. The lowest BCUT2D eigenvalue weighted by Gasteiger charge is -2.05. The third-order valence-electron chi connectivity index (χ3n) is 4.06. The normalized spacial score (nSPS) is 10.7. The Hall–Kier alpha value is -3.49. The fourth-order valence-electron chi connectivity index (χ4n) is 2.77. The van der Waals surface area contributed by atoms with Gasteiger partial charge < -0.3 is 5.32 Å². The maximum absolute atomic E-state index is 12.5. The third kappa shape index (κ3) is 3.32. The summed E-state index contributed by atoms with van der Waals surface area (Å²) in [5.41, 5.74) is 2.04. The van der Waals surface area contributed by atoms with Gasteiger partial charge in [0.2, 0.25) is 5.69 Å². The Labute approximate surface area is 149 Å². The number of hydrogen-bond donors (Lipinski definition) is 1. The predicted molar refractivity (Wildman–Crippen MR) is 95.1 cm³/mol. The van der Waals surface area contributed by atoms with Crippen LogP contribution in [0.25, 0.3) is 0 Å². The van der Waals surface area contributed by atoms with E-state index in [0.29, 0.717) is 12.4 Å². The average Bonchev–Trinajstić information content (AvgIpc) is 3.13. The van der Waals surface area contributed by atoms with Crippen molar-refractivity contribution < 1.29 is 9.72 Å². The van der Waals surface area contributed by atoms with Gasteiger partial charge in [-0.2, -0.15) is 10.2 Å². The standard InChI is InChI=1S/C17H18N6O3/c1-11-6-4-5-7-13(11)10-22-9-8-14(20-22)18-17(24)16-15(23(25)26)12(2)19-21(16)3/h4-9H,10H2,1-3H3,(H,18,20,24). The van der Waals surface area contributed by atoms with Crippen LogP contribution >= 0.6 is 0 Å². The van der Waals surface area contributed by atoms with Crippen LogP contribution in [0.1, 0.15) is 27.3 Å². The van der Waals surface area contributed by atoms with Crippen molar-refractivity contribution >= 4 is 17.4 Å². The average molecular weight is 354 g/mol. The molecule has 1 aromatic carbocycles. The molecule has 0 spiro atoms. The Morgan fingerprint density at radius 3 is 2.65 bits per heavy atom. The number of anilines is 1. The molecule has 0 aliphatic rings. The zero-order valence-electron chi connectivity index (χ0n) is 14.6. The maximum Gasteiger partial charge on any atom is 0.322 e. The summed E-state index contributed by atoms with van der Waals surface area (Å²) in [6.45, 7) is 4.07. The van der Waals surface area contributed by atoms with Crippen molar-refractivity contribution in [3.63, 3.8) is 0 Å². The summed E-state index contributed by atoms with van der Waals surface area (Å²) in [6, 6.07) is 9.60. The second-order valence-corrected chi connectivity index (χ2v) is 5.94. The van der Waals surface area contributed by atoms with Gasteiger partial charge in [0.1, 0.15) is 5.69 Å². The van der Waals surface area contributed by atoms with Crippen LogP contribution in [-0.4, -0.2) is 30.4 Å². The number of hydrogen-bond acceptors (Lipinski definition) is 5. The minimum absolute atomic E-state index is 0.110. The lowest BCUT2D eigenvalue weighted by atomic mass is 10.1. The van der Waals surface area contributed by atoms with Gasteiger partial charge in [-0.15, -0.1) is 0 Å². The van der Waals surface area contributed by atoms with Crippen LogP contribution in [0, 0.1) is 24.0 Å². The number of carbonyl (C=O) groups is 1. The zero-order valence-corrected chi connectivity index (χ0v) is 14.6. The molecule has 3 rings (SSSR count). The molecule has 0 fully saturated rings. The van der Waals surface area contributed by atoms with E-state index < -0.39 is 10.8 Å². The number of nitro groups is 1. The lowest BCUT2D eigenvalue weighted by Crippen LogP contribution is -2.18. The number of aryl methyl sites for hydroxylation is 3. The highest BCUT2D eigenvalue weighted by molar-refractivity contribution is 6.05. The summed E-state index contributed by atoms with van der Waals surface area (Å²) in [7, 11) is 1.49. The SMILES string of the molecule is Cc1ccccc1Cn1ccc(NC(=O)c2c([N+](=O)[O-])c(C)nn2C)n1. The molecule has 2 aromatic heterocycles. The highest BCUT2D eigenvalue weighted by atomic mass is 16.6. The van der Waals surface area contributed by atoms with Crippen LogP contribution in [0.3, 0.4) is 0 Å². The molecule has 26 heavy (non-hydrogen) atoms. The van der Waals surface area contributed by atoms with E-state index in [1.54, 1.807) is 16.9 Å². The van der Waals surface area contributed by atoms with Crippen molar-refractivity contribution in [2.75, 3.05) is 5.32 Å². The molecule has 0 bridgehead atoms. The molecule has 1 amide bonds.